The number of amides is 1. The minimum absolute atomic E-state index is 0.0487. The van der Waals surface area contributed by atoms with Gasteiger partial charge in [-0.05, 0) is 36.8 Å². The van der Waals surface area contributed by atoms with Gasteiger partial charge in [-0.2, -0.15) is 0 Å². The van der Waals surface area contributed by atoms with Gasteiger partial charge >= 0.3 is 0 Å². The number of phenols is 1. The first-order chi connectivity index (χ1) is 12.9. The summed E-state index contributed by atoms with van der Waals surface area (Å²) in [4.78, 5) is 12.4. The van der Waals surface area contributed by atoms with Crippen molar-refractivity contribution >= 4 is 33.3 Å². The number of hydrogen-bond acceptors (Lipinski definition) is 4. The normalized spacial score (nSPS) is 15.0. The molecule has 1 aliphatic rings. The van der Waals surface area contributed by atoms with E-state index in [1.165, 1.54) is 18.2 Å². The molecule has 2 aromatic carbocycles. The van der Waals surface area contributed by atoms with E-state index in [4.69, 9.17) is 0 Å². The number of phenolic OH excluding ortho intramolecular Hbond substituents is 1. The second-order valence-corrected chi connectivity index (χ2v) is 8.15. The van der Waals surface area contributed by atoms with Crippen LogP contribution in [-0.4, -0.2) is 26.0 Å². The number of fused-ring (bicyclic) bond motifs is 1. The highest BCUT2D eigenvalue weighted by Gasteiger charge is 2.26. The molecule has 3 rings (SSSR count). The minimum atomic E-state index is -3.65. The smallest absolute Gasteiger partial charge is 0.256 e. The van der Waals surface area contributed by atoms with Crippen molar-refractivity contribution in [3.05, 3.63) is 53.6 Å². The largest absolute Gasteiger partial charge is 0.507 e. The number of unbranched alkanes of at least 4 members (excludes halogenated alkanes) is 2. The van der Waals surface area contributed by atoms with Gasteiger partial charge in [0.2, 0.25) is 10.0 Å². The molecule has 0 radical (unpaired) electrons. The summed E-state index contributed by atoms with van der Waals surface area (Å²) in [5.41, 5.74) is 1.85. The fourth-order valence-electron chi connectivity index (χ4n) is 2.91. The van der Waals surface area contributed by atoms with Gasteiger partial charge in [-0.15, -0.1) is 0 Å². The Morgan fingerprint density at radius 1 is 1.15 bits per heavy atom. The number of sulfonamides is 1. The number of carbonyl (C=O) groups is 1. The van der Waals surface area contributed by atoms with E-state index in [-0.39, 0.29) is 16.6 Å². The SMILES string of the molecule is CCCCCNS(=O)(=O)c1ccc2c(c1)/C(=C\c1ccccc1O)C(=O)N2. The van der Waals surface area contributed by atoms with Gasteiger partial charge in [-0.1, -0.05) is 38.0 Å². The van der Waals surface area contributed by atoms with Crippen LogP contribution in [0.2, 0.25) is 0 Å². The van der Waals surface area contributed by atoms with Crippen molar-refractivity contribution in [2.75, 3.05) is 11.9 Å². The molecule has 0 saturated carbocycles. The maximum atomic E-state index is 12.5. The van der Waals surface area contributed by atoms with Crippen LogP contribution in [0.4, 0.5) is 5.69 Å². The molecule has 0 unspecified atom stereocenters. The van der Waals surface area contributed by atoms with Crippen molar-refractivity contribution in [3.8, 4) is 5.75 Å². The predicted octanol–water partition coefficient (Wildman–Crippen LogP) is 3.35. The summed E-state index contributed by atoms with van der Waals surface area (Å²) in [5, 5.41) is 12.7. The zero-order chi connectivity index (χ0) is 19.4. The maximum absolute atomic E-state index is 12.5. The summed E-state index contributed by atoms with van der Waals surface area (Å²) in [6.45, 7) is 2.43. The molecule has 142 valence electrons. The third kappa shape index (κ3) is 4.20. The van der Waals surface area contributed by atoms with Gasteiger partial charge in [0.05, 0.1) is 4.90 Å². The quantitative estimate of drug-likeness (QED) is 0.502. The fourth-order valence-corrected chi connectivity index (χ4v) is 4.01. The van der Waals surface area contributed by atoms with Crippen LogP contribution in [0.3, 0.4) is 0 Å². The maximum Gasteiger partial charge on any atom is 0.256 e. The number of para-hydroxylation sites is 1. The number of anilines is 1. The van der Waals surface area contributed by atoms with Gasteiger partial charge < -0.3 is 10.4 Å². The molecule has 7 heteroatoms. The molecular weight excluding hydrogens is 364 g/mol. The van der Waals surface area contributed by atoms with Gasteiger partial charge in [0, 0.05) is 28.9 Å². The molecule has 0 aliphatic carbocycles. The van der Waals surface area contributed by atoms with E-state index in [9.17, 15) is 18.3 Å². The number of rotatable bonds is 7. The second-order valence-electron chi connectivity index (χ2n) is 6.38. The van der Waals surface area contributed by atoms with Crippen LogP contribution in [-0.2, 0) is 14.8 Å². The lowest BCUT2D eigenvalue weighted by Crippen LogP contribution is -2.24. The third-order valence-electron chi connectivity index (χ3n) is 4.39. The van der Waals surface area contributed by atoms with Gasteiger partial charge in [0.25, 0.3) is 5.91 Å². The molecule has 27 heavy (non-hydrogen) atoms. The average molecular weight is 386 g/mol. The molecule has 0 saturated heterocycles. The second kappa shape index (κ2) is 7.94. The summed E-state index contributed by atoms with van der Waals surface area (Å²) >= 11 is 0. The van der Waals surface area contributed by atoms with Crippen LogP contribution in [0, 0.1) is 0 Å². The summed E-state index contributed by atoms with van der Waals surface area (Å²) in [7, 11) is -3.65. The summed E-state index contributed by atoms with van der Waals surface area (Å²) in [6, 6.07) is 11.2. The number of hydrogen-bond donors (Lipinski definition) is 3. The predicted molar refractivity (Wildman–Crippen MR) is 106 cm³/mol. The van der Waals surface area contributed by atoms with E-state index in [1.54, 1.807) is 30.3 Å². The lowest BCUT2D eigenvalue weighted by Gasteiger charge is -2.08. The van der Waals surface area contributed by atoms with Crippen molar-refractivity contribution in [3.63, 3.8) is 0 Å². The molecule has 0 aromatic heterocycles. The standard InChI is InChI=1S/C20H22N2O4S/c1-2-3-6-11-21-27(25,26)15-9-10-18-16(13-15)17(20(24)22-18)12-14-7-4-5-8-19(14)23/h4-5,7-10,12-13,21,23H,2-3,6,11H2,1H3,(H,22,24)/b17-12+. The Kier molecular flexibility index (Phi) is 5.62. The number of aromatic hydroxyl groups is 1. The summed E-state index contributed by atoms with van der Waals surface area (Å²) in [5.74, 6) is -0.286. The lowest BCUT2D eigenvalue weighted by atomic mass is 10.0. The molecule has 1 aliphatic heterocycles. The number of carbonyl (C=O) groups excluding carboxylic acids is 1. The molecule has 2 aromatic rings. The van der Waals surface area contributed by atoms with Gasteiger partial charge in [-0.25, -0.2) is 13.1 Å². The van der Waals surface area contributed by atoms with E-state index >= 15 is 0 Å². The highest BCUT2D eigenvalue weighted by molar-refractivity contribution is 7.89. The van der Waals surface area contributed by atoms with E-state index < -0.39 is 10.0 Å². The average Bonchev–Trinajstić information content (AvgIpc) is 2.95. The van der Waals surface area contributed by atoms with E-state index in [1.807, 2.05) is 0 Å². The van der Waals surface area contributed by atoms with E-state index in [2.05, 4.69) is 17.0 Å². The third-order valence-corrected chi connectivity index (χ3v) is 5.85. The first-order valence-corrected chi connectivity index (χ1v) is 10.4. The molecule has 0 fully saturated rings. The Morgan fingerprint density at radius 3 is 2.67 bits per heavy atom. The van der Waals surface area contributed by atoms with E-state index in [0.717, 1.165) is 19.3 Å². The Balaban J connectivity index is 1.93. The number of nitrogens with one attached hydrogen (secondary N) is 2. The van der Waals surface area contributed by atoms with Crippen LogP contribution >= 0.6 is 0 Å². The minimum Gasteiger partial charge on any atom is -0.507 e. The van der Waals surface area contributed by atoms with Crippen molar-refractivity contribution in [2.45, 2.75) is 31.1 Å². The Morgan fingerprint density at radius 2 is 1.93 bits per heavy atom. The Labute approximate surface area is 159 Å². The Hall–Kier alpha value is -2.64. The molecule has 6 nitrogen and oxygen atoms in total. The molecule has 0 spiro atoms. The van der Waals surface area contributed by atoms with Gasteiger partial charge in [0.15, 0.2) is 0 Å². The summed E-state index contributed by atoms with van der Waals surface area (Å²) in [6.07, 6.45) is 4.30. The molecule has 3 N–H and O–H groups in total. The number of benzene rings is 2. The zero-order valence-corrected chi connectivity index (χ0v) is 15.8. The first-order valence-electron chi connectivity index (χ1n) is 8.87. The van der Waals surface area contributed by atoms with Gasteiger partial charge in [0.1, 0.15) is 5.75 Å². The van der Waals surface area contributed by atoms with Crippen molar-refractivity contribution in [1.82, 2.24) is 4.72 Å². The molecule has 0 bridgehead atoms. The van der Waals surface area contributed by atoms with Crippen LogP contribution in [0.25, 0.3) is 11.6 Å². The molecular formula is C20H22N2O4S. The Bertz CT molecular complexity index is 997. The molecule has 0 atom stereocenters. The van der Waals surface area contributed by atoms with Crippen LogP contribution in [0.1, 0.15) is 37.3 Å². The lowest BCUT2D eigenvalue weighted by molar-refractivity contribution is -0.110. The van der Waals surface area contributed by atoms with Crippen molar-refractivity contribution in [2.24, 2.45) is 0 Å². The van der Waals surface area contributed by atoms with Crippen molar-refractivity contribution in [1.29, 1.82) is 0 Å². The zero-order valence-electron chi connectivity index (χ0n) is 15.0. The highest BCUT2D eigenvalue weighted by atomic mass is 32.2. The van der Waals surface area contributed by atoms with Crippen LogP contribution < -0.4 is 10.0 Å². The first kappa shape index (κ1) is 19.1. The summed E-state index contributed by atoms with van der Waals surface area (Å²) < 4.78 is 27.6. The molecule has 1 heterocycles. The van der Waals surface area contributed by atoms with Gasteiger partial charge in [-0.3, -0.25) is 4.79 Å². The monoisotopic (exact) mass is 386 g/mol. The van der Waals surface area contributed by atoms with Crippen LogP contribution in [0.15, 0.2) is 47.4 Å². The molecule has 1 amide bonds. The van der Waals surface area contributed by atoms with Crippen LogP contribution in [0.5, 0.6) is 5.75 Å². The van der Waals surface area contributed by atoms with E-state index in [0.29, 0.717) is 28.9 Å². The topological polar surface area (TPSA) is 95.5 Å². The highest BCUT2D eigenvalue weighted by Crippen LogP contribution is 2.35. The fraction of sp³-hybridized carbons (Fsp3) is 0.250. The van der Waals surface area contributed by atoms with Crippen molar-refractivity contribution < 1.29 is 18.3 Å².